The molecule has 5 heteroatoms. The quantitative estimate of drug-likeness (QED) is 0.404. The van der Waals surface area contributed by atoms with E-state index in [1.165, 1.54) is 17.3 Å². The SMILES string of the molecule is Cc1cc(C=NN=C(N)SCc2ccccc2)ccc1OCCC(C)C. The van der Waals surface area contributed by atoms with Crippen molar-refractivity contribution >= 4 is 23.1 Å². The van der Waals surface area contributed by atoms with Crippen molar-refractivity contribution in [3.63, 3.8) is 0 Å². The number of rotatable bonds is 8. The largest absolute Gasteiger partial charge is 0.493 e. The standard InChI is InChI=1S/C21H27N3OS/c1-16(2)11-12-25-20-10-9-19(13-17(20)3)14-23-24-21(22)26-15-18-7-5-4-6-8-18/h4-10,13-14,16H,11-12,15H2,1-3H3,(H2,22,24). The van der Waals surface area contributed by atoms with Crippen LogP contribution in [0.25, 0.3) is 0 Å². The van der Waals surface area contributed by atoms with Crippen LogP contribution in [0.15, 0.2) is 58.7 Å². The molecule has 0 aliphatic rings. The first-order valence-electron chi connectivity index (χ1n) is 8.81. The van der Waals surface area contributed by atoms with Crippen molar-refractivity contribution in [3.8, 4) is 5.75 Å². The third-order valence-corrected chi connectivity index (χ3v) is 4.60. The molecule has 0 atom stereocenters. The van der Waals surface area contributed by atoms with Crippen molar-refractivity contribution in [2.45, 2.75) is 32.9 Å². The first-order chi connectivity index (χ1) is 12.5. The summed E-state index contributed by atoms with van der Waals surface area (Å²) in [5.74, 6) is 2.35. The zero-order valence-electron chi connectivity index (χ0n) is 15.7. The molecule has 2 N–H and O–H groups in total. The molecule has 0 aliphatic carbocycles. The molecule has 0 amide bonds. The maximum Gasteiger partial charge on any atom is 0.180 e. The number of thioether (sulfide) groups is 1. The molecule has 138 valence electrons. The second-order valence-corrected chi connectivity index (χ2v) is 7.51. The molecule has 0 saturated carbocycles. The molecule has 0 spiro atoms. The highest BCUT2D eigenvalue weighted by atomic mass is 32.2. The van der Waals surface area contributed by atoms with Crippen molar-refractivity contribution in [1.82, 2.24) is 0 Å². The van der Waals surface area contributed by atoms with Crippen LogP contribution in [-0.4, -0.2) is 18.0 Å². The molecule has 26 heavy (non-hydrogen) atoms. The minimum absolute atomic E-state index is 0.454. The molecule has 0 fully saturated rings. The Morgan fingerprint density at radius 2 is 1.96 bits per heavy atom. The van der Waals surface area contributed by atoms with Crippen LogP contribution in [0, 0.1) is 12.8 Å². The third-order valence-electron chi connectivity index (χ3n) is 3.74. The lowest BCUT2D eigenvalue weighted by molar-refractivity contribution is 0.288. The van der Waals surface area contributed by atoms with Crippen LogP contribution in [0.1, 0.15) is 37.0 Å². The van der Waals surface area contributed by atoms with E-state index in [1.54, 1.807) is 6.21 Å². The maximum absolute atomic E-state index is 5.90. The second kappa shape index (κ2) is 10.7. The van der Waals surface area contributed by atoms with Crippen LogP contribution in [0.4, 0.5) is 0 Å². The van der Waals surface area contributed by atoms with Gasteiger partial charge in [0.25, 0.3) is 0 Å². The molecule has 0 heterocycles. The molecular weight excluding hydrogens is 342 g/mol. The van der Waals surface area contributed by atoms with Crippen LogP contribution in [0.3, 0.4) is 0 Å². The fourth-order valence-corrected chi connectivity index (χ4v) is 2.84. The maximum atomic E-state index is 5.90. The van der Waals surface area contributed by atoms with E-state index in [0.29, 0.717) is 11.1 Å². The number of nitrogens with zero attached hydrogens (tertiary/aromatic N) is 2. The Kier molecular flexibility index (Phi) is 8.22. The second-order valence-electron chi connectivity index (χ2n) is 6.51. The van der Waals surface area contributed by atoms with Crippen molar-refractivity contribution in [2.24, 2.45) is 21.9 Å². The number of benzene rings is 2. The van der Waals surface area contributed by atoms with E-state index in [-0.39, 0.29) is 0 Å². The minimum Gasteiger partial charge on any atom is -0.493 e. The molecule has 0 aliphatic heterocycles. The molecule has 2 aromatic rings. The van der Waals surface area contributed by atoms with E-state index in [9.17, 15) is 0 Å². The summed E-state index contributed by atoms with van der Waals surface area (Å²) in [5, 5.41) is 8.59. The van der Waals surface area contributed by atoms with Gasteiger partial charge in [0.15, 0.2) is 5.17 Å². The summed E-state index contributed by atoms with van der Waals surface area (Å²) in [6.07, 6.45) is 2.76. The highest BCUT2D eigenvalue weighted by molar-refractivity contribution is 8.13. The van der Waals surface area contributed by atoms with Gasteiger partial charge in [-0.15, -0.1) is 5.10 Å². The molecule has 2 rings (SSSR count). The van der Waals surface area contributed by atoms with Gasteiger partial charge in [0.2, 0.25) is 0 Å². The molecular formula is C21H27N3OS. The Bertz CT molecular complexity index is 742. The molecule has 4 nitrogen and oxygen atoms in total. The lowest BCUT2D eigenvalue weighted by Gasteiger charge is -2.10. The Morgan fingerprint density at radius 1 is 1.19 bits per heavy atom. The zero-order chi connectivity index (χ0) is 18.8. The lowest BCUT2D eigenvalue weighted by Crippen LogP contribution is -2.06. The molecule has 2 aromatic carbocycles. The summed E-state index contributed by atoms with van der Waals surface area (Å²) in [6.45, 7) is 7.17. The fraction of sp³-hybridized carbons (Fsp3) is 0.333. The number of hydrogen-bond donors (Lipinski definition) is 1. The summed E-state index contributed by atoms with van der Waals surface area (Å²) in [5.41, 5.74) is 9.18. The Hall–Kier alpha value is -2.27. The number of amidine groups is 1. The van der Waals surface area contributed by atoms with Crippen LogP contribution in [0.2, 0.25) is 0 Å². The summed E-state index contributed by atoms with van der Waals surface area (Å²) < 4.78 is 5.82. The Labute approximate surface area is 160 Å². The van der Waals surface area contributed by atoms with Gasteiger partial charge < -0.3 is 10.5 Å². The number of aryl methyl sites for hydroxylation is 1. The van der Waals surface area contributed by atoms with Crippen LogP contribution in [-0.2, 0) is 5.75 Å². The number of hydrogen-bond acceptors (Lipinski definition) is 4. The lowest BCUT2D eigenvalue weighted by atomic mass is 10.1. The van der Waals surface area contributed by atoms with Crippen molar-refractivity contribution in [1.29, 1.82) is 0 Å². The molecule has 0 unspecified atom stereocenters. The van der Waals surface area contributed by atoms with E-state index in [2.05, 4.69) is 36.2 Å². The predicted octanol–water partition coefficient (Wildman–Crippen LogP) is 5.00. The van der Waals surface area contributed by atoms with E-state index >= 15 is 0 Å². The summed E-state index contributed by atoms with van der Waals surface area (Å²) in [6, 6.07) is 16.2. The van der Waals surface area contributed by atoms with Gasteiger partial charge in [0, 0.05) is 5.75 Å². The van der Waals surface area contributed by atoms with Crippen LogP contribution < -0.4 is 10.5 Å². The van der Waals surface area contributed by atoms with Gasteiger partial charge in [-0.25, -0.2) is 0 Å². The van der Waals surface area contributed by atoms with Crippen LogP contribution >= 0.6 is 11.8 Å². The molecule has 0 aromatic heterocycles. The zero-order valence-corrected chi connectivity index (χ0v) is 16.5. The average Bonchev–Trinajstić information content (AvgIpc) is 2.62. The summed E-state index contributed by atoms with van der Waals surface area (Å²) in [7, 11) is 0. The van der Waals surface area contributed by atoms with E-state index in [1.807, 2.05) is 43.3 Å². The first kappa shape index (κ1) is 20.0. The average molecular weight is 370 g/mol. The van der Waals surface area contributed by atoms with Crippen molar-refractivity contribution in [2.75, 3.05) is 6.61 Å². The summed E-state index contributed by atoms with van der Waals surface area (Å²) >= 11 is 1.48. The van der Waals surface area contributed by atoms with Gasteiger partial charge in [-0.05, 0) is 54.2 Å². The van der Waals surface area contributed by atoms with Gasteiger partial charge in [-0.2, -0.15) is 5.10 Å². The minimum atomic E-state index is 0.454. The third kappa shape index (κ3) is 7.31. The number of ether oxygens (including phenoxy) is 1. The Morgan fingerprint density at radius 3 is 2.65 bits per heavy atom. The Balaban J connectivity index is 1.85. The monoisotopic (exact) mass is 369 g/mol. The normalized spacial score (nSPS) is 12.1. The first-order valence-corrected chi connectivity index (χ1v) is 9.80. The predicted molar refractivity (Wildman–Crippen MR) is 113 cm³/mol. The molecule has 0 bridgehead atoms. The van der Waals surface area contributed by atoms with E-state index < -0.39 is 0 Å². The van der Waals surface area contributed by atoms with Crippen molar-refractivity contribution < 1.29 is 4.74 Å². The summed E-state index contributed by atoms with van der Waals surface area (Å²) in [4.78, 5) is 0. The highest BCUT2D eigenvalue weighted by Gasteiger charge is 2.02. The van der Waals surface area contributed by atoms with E-state index in [4.69, 9.17) is 10.5 Å². The van der Waals surface area contributed by atoms with Gasteiger partial charge >= 0.3 is 0 Å². The van der Waals surface area contributed by atoms with Gasteiger partial charge in [0.05, 0.1) is 12.8 Å². The smallest absolute Gasteiger partial charge is 0.180 e. The van der Waals surface area contributed by atoms with Crippen LogP contribution in [0.5, 0.6) is 5.75 Å². The highest BCUT2D eigenvalue weighted by Crippen LogP contribution is 2.19. The number of nitrogens with two attached hydrogens (primary N) is 1. The van der Waals surface area contributed by atoms with Gasteiger partial charge in [0.1, 0.15) is 5.75 Å². The fourth-order valence-electron chi connectivity index (χ4n) is 2.23. The van der Waals surface area contributed by atoms with E-state index in [0.717, 1.165) is 35.7 Å². The molecule has 0 saturated heterocycles. The van der Waals surface area contributed by atoms with Gasteiger partial charge in [-0.3, -0.25) is 0 Å². The van der Waals surface area contributed by atoms with Crippen molar-refractivity contribution in [3.05, 3.63) is 65.2 Å². The topological polar surface area (TPSA) is 60.0 Å². The molecule has 0 radical (unpaired) electrons. The van der Waals surface area contributed by atoms with Gasteiger partial charge in [-0.1, -0.05) is 55.9 Å².